The Morgan fingerprint density at radius 1 is 1.19 bits per heavy atom. The van der Waals surface area contributed by atoms with Crippen LogP contribution in [0.25, 0.3) is 0 Å². The predicted molar refractivity (Wildman–Crippen MR) is 85.3 cm³/mol. The first-order valence-corrected chi connectivity index (χ1v) is 7.65. The third-order valence-electron chi connectivity index (χ3n) is 3.40. The van der Waals surface area contributed by atoms with Gasteiger partial charge in [0.1, 0.15) is 5.75 Å². The Hall–Kier alpha value is -2.97. The smallest absolute Gasteiger partial charge is 0.459 e. The summed E-state index contributed by atoms with van der Waals surface area (Å²) in [6.45, 7) is 0.0145. The number of ether oxygens (including phenoxy) is 1. The minimum atomic E-state index is -4.81. The fourth-order valence-electron chi connectivity index (χ4n) is 2.17. The van der Waals surface area contributed by atoms with Crippen LogP contribution in [0.5, 0.6) is 5.75 Å². The Morgan fingerprint density at radius 2 is 1.92 bits per heavy atom. The lowest BCUT2D eigenvalue weighted by Gasteiger charge is -2.20. The van der Waals surface area contributed by atoms with Crippen LogP contribution in [0.2, 0.25) is 0 Å². The maximum absolute atomic E-state index is 12.4. The van der Waals surface area contributed by atoms with E-state index in [-0.39, 0.29) is 42.5 Å². The molecule has 2 aromatic rings. The lowest BCUT2D eigenvalue weighted by molar-refractivity contribution is -0.275. The highest BCUT2D eigenvalue weighted by Crippen LogP contribution is 2.27. The Kier molecular flexibility index (Phi) is 6.26. The van der Waals surface area contributed by atoms with Gasteiger partial charge < -0.3 is 19.4 Å². The number of halogens is 3. The third kappa shape index (κ3) is 5.83. The molecule has 1 N–H and O–H groups in total. The Bertz CT molecular complexity index is 745. The van der Waals surface area contributed by atoms with Crippen molar-refractivity contribution < 1.29 is 31.9 Å². The van der Waals surface area contributed by atoms with Gasteiger partial charge in [0, 0.05) is 32.1 Å². The van der Waals surface area contributed by atoms with Crippen molar-refractivity contribution in [2.24, 2.45) is 0 Å². The summed E-state index contributed by atoms with van der Waals surface area (Å²) in [4.78, 5) is 25.0. The van der Waals surface area contributed by atoms with Crippen LogP contribution in [0.1, 0.15) is 22.5 Å². The van der Waals surface area contributed by atoms with E-state index >= 15 is 0 Å². The van der Waals surface area contributed by atoms with Gasteiger partial charge in [-0.3, -0.25) is 9.59 Å². The van der Waals surface area contributed by atoms with Crippen LogP contribution in [0.3, 0.4) is 0 Å². The lowest BCUT2D eigenvalue weighted by Crippen LogP contribution is -2.32. The zero-order chi connectivity index (χ0) is 19.2. The molecule has 1 aromatic carbocycles. The van der Waals surface area contributed by atoms with E-state index < -0.39 is 12.3 Å². The molecule has 1 heterocycles. The number of nitrogens with zero attached hydrogens (tertiary/aromatic N) is 1. The maximum atomic E-state index is 12.4. The number of para-hydroxylation sites is 1. The molecule has 0 spiro atoms. The summed E-state index contributed by atoms with van der Waals surface area (Å²) >= 11 is 0. The van der Waals surface area contributed by atoms with Gasteiger partial charge in [-0.2, -0.15) is 0 Å². The molecule has 1 aromatic heterocycles. The number of carbonyl (C=O) groups is 2. The van der Waals surface area contributed by atoms with E-state index in [2.05, 4.69) is 10.1 Å². The van der Waals surface area contributed by atoms with E-state index in [1.165, 1.54) is 42.5 Å². The molecule has 0 unspecified atom stereocenters. The highest BCUT2D eigenvalue weighted by atomic mass is 19.4. The van der Waals surface area contributed by atoms with Gasteiger partial charge in [0.2, 0.25) is 5.91 Å². The van der Waals surface area contributed by atoms with E-state index in [1.54, 1.807) is 12.1 Å². The minimum absolute atomic E-state index is 0.00869. The number of rotatable bonds is 7. The second-order valence-electron chi connectivity index (χ2n) is 5.39. The number of amides is 2. The molecule has 6 nitrogen and oxygen atoms in total. The van der Waals surface area contributed by atoms with Gasteiger partial charge in [0.15, 0.2) is 5.76 Å². The van der Waals surface area contributed by atoms with Gasteiger partial charge in [0.25, 0.3) is 5.91 Å². The normalized spacial score (nSPS) is 11.1. The van der Waals surface area contributed by atoms with Crippen molar-refractivity contribution in [2.75, 3.05) is 13.6 Å². The molecule has 0 fully saturated rings. The lowest BCUT2D eigenvalue weighted by atomic mass is 10.2. The van der Waals surface area contributed by atoms with Crippen molar-refractivity contribution in [1.82, 2.24) is 10.2 Å². The van der Waals surface area contributed by atoms with E-state index in [4.69, 9.17) is 4.42 Å². The fourth-order valence-corrected chi connectivity index (χ4v) is 2.17. The molecular weight excluding hydrogens is 353 g/mol. The Balaban J connectivity index is 1.86. The first-order valence-electron chi connectivity index (χ1n) is 7.65. The highest BCUT2D eigenvalue weighted by molar-refractivity contribution is 5.91. The largest absolute Gasteiger partial charge is 0.573 e. The molecule has 9 heteroatoms. The molecule has 0 bridgehead atoms. The third-order valence-corrected chi connectivity index (χ3v) is 3.40. The summed E-state index contributed by atoms with van der Waals surface area (Å²) in [7, 11) is 1.46. The fraction of sp³-hybridized carbons (Fsp3) is 0.294. The van der Waals surface area contributed by atoms with Gasteiger partial charge in [-0.15, -0.1) is 13.2 Å². The van der Waals surface area contributed by atoms with Crippen LogP contribution in [-0.2, 0) is 11.3 Å². The Morgan fingerprint density at radius 3 is 2.58 bits per heavy atom. The molecule has 0 aliphatic carbocycles. The van der Waals surface area contributed by atoms with Gasteiger partial charge >= 0.3 is 6.36 Å². The summed E-state index contributed by atoms with van der Waals surface area (Å²) in [6.07, 6.45) is -3.46. The first-order chi connectivity index (χ1) is 12.3. The van der Waals surface area contributed by atoms with E-state index in [1.807, 2.05) is 0 Å². The van der Waals surface area contributed by atoms with Crippen LogP contribution in [0.15, 0.2) is 47.1 Å². The van der Waals surface area contributed by atoms with Crippen LogP contribution >= 0.6 is 0 Å². The zero-order valence-electron chi connectivity index (χ0n) is 13.9. The average molecular weight is 370 g/mol. The highest BCUT2D eigenvalue weighted by Gasteiger charge is 2.32. The quantitative estimate of drug-likeness (QED) is 0.813. The maximum Gasteiger partial charge on any atom is 0.573 e. The average Bonchev–Trinajstić information content (AvgIpc) is 3.09. The molecule has 2 amide bonds. The molecule has 0 radical (unpaired) electrons. The van der Waals surface area contributed by atoms with Crippen molar-refractivity contribution >= 4 is 11.8 Å². The number of hydrogen-bond donors (Lipinski definition) is 1. The number of carbonyl (C=O) groups excluding carboxylic acids is 2. The number of furan rings is 1. The summed E-state index contributed by atoms with van der Waals surface area (Å²) < 4.78 is 46.2. The molecule has 2 rings (SSSR count). The SMILES string of the molecule is CN(Cc1ccccc1OC(F)(F)F)C(=O)CCNC(=O)c1ccco1. The number of alkyl halides is 3. The molecule has 0 saturated carbocycles. The van der Waals surface area contributed by atoms with Gasteiger partial charge in [-0.05, 0) is 18.2 Å². The summed E-state index contributed by atoms with van der Waals surface area (Å²) in [6, 6.07) is 8.65. The van der Waals surface area contributed by atoms with E-state index in [0.29, 0.717) is 0 Å². The van der Waals surface area contributed by atoms with Crippen molar-refractivity contribution in [1.29, 1.82) is 0 Å². The molecular formula is C17H17F3N2O4. The van der Waals surface area contributed by atoms with Crippen LogP contribution in [0, 0.1) is 0 Å². The molecule has 0 aliphatic rings. The van der Waals surface area contributed by atoms with Crippen molar-refractivity contribution in [3.05, 3.63) is 54.0 Å². The first kappa shape index (κ1) is 19.4. The Labute approximate surface area is 147 Å². The molecule has 0 atom stereocenters. The van der Waals surface area contributed by atoms with Crippen molar-refractivity contribution in [2.45, 2.75) is 19.3 Å². The second kappa shape index (κ2) is 8.41. The molecule has 0 aliphatic heterocycles. The summed E-state index contributed by atoms with van der Waals surface area (Å²) in [5.74, 6) is -1.02. The topological polar surface area (TPSA) is 71.8 Å². The summed E-state index contributed by atoms with van der Waals surface area (Å²) in [5, 5.41) is 2.52. The van der Waals surface area contributed by atoms with Crippen LogP contribution in [-0.4, -0.2) is 36.7 Å². The number of hydrogen-bond acceptors (Lipinski definition) is 4. The van der Waals surface area contributed by atoms with Gasteiger partial charge in [-0.1, -0.05) is 18.2 Å². The van der Waals surface area contributed by atoms with E-state index in [9.17, 15) is 22.8 Å². The van der Waals surface area contributed by atoms with Crippen LogP contribution < -0.4 is 10.1 Å². The number of nitrogens with one attached hydrogen (secondary N) is 1. The van der Waals surface area contributed by atoms with Gasteiger partial charge in [0.05, 0.1) is 6.26 Å². The molecule has 26 heavy (non-hydrogen) atoms. The zero-order valence-corrected chi connectivity index (χ0v) is 13.9. The van der Waals surface area contributed by atoms with Crippen LogP contribution in [0.4, 0.5) is 13.2 Å². The summed E-state index contributed by atoms with van der Waals surface area (Å²) in [5.41, 5.74) is 0.222. The van der Waals surface area contributed by atoms with Gasteiger partial charge in [-0.25, -0.2) is 0 Å². The minimum Gasteiger partial charge on any atom is -0.459 e. The molecule has 0 saturated heterocycles. The monoisotopic (exact) mass is 370 g/mol. The second-order valence-corrected chi connectivity index (χ2v) is 5.39. The number of benzene rings is 1. The van der Waals surface area contributed by atoms with E-state index in [0.717, 1.165) is 0 Å². The predicted octanol–water partition coefficient (Wildman–Crippen LogP) is 2.96. The van der Waals surface area contributed by atoms with Crippen molar-refractivity contribution in [3.8, 4) is 5.75 Å². The van der Waals surface area contributed by atoms with Crippen molar-refractivity contribution in [3.63, 3.8) is 0 Å². The molecule has 140 valence electrons. The standard InChI is InChI=1S/C17H17F3N2O4/c1-22(11-12-5-2-3-6-13(12)26-17(18,19)20)15(23)8-9-21-16(24)14-7-4-10-25-14/h2-7,10H,8-9,11H2,1H3,(H,21,24).